The molecule has 1 aliphatic heterocycles. The number of amides is 1. The SMILES string of the molecule is COc1ccc(CC(=O)N(Cc2cccc(C)c2)C2CCNCC2)cc1. The smallest absolute Gasteiger partial charge is 0.227 e. The Morgan fingerprint density at radius 3 is 2.50 bits per heavy atom. The lowest BCUT2D eigenvalue weighted by Crippen LogP contribution is -2.46. The summed E-state index contributed by atoms with van der Waals surface area (Å²) in [5.74, 6) is 1.01. The number of methoxy groups -OCH3 is 1. The van der Waals surface area contributed by atoms with E-state index in [1.165, 1.54) is 11.1 Å². The molecular formula is C22H28N2O2. The third-order valence-electron chi connectivity index (χ3n) is 5.02. The lowest BCUT2D eigenvalue weighted by atomic mass is 10.0. The Labute approximate surface area is 156 Å². The molecule has 2 aromatic rings. The van der Waals surface area contributed by atoms with Crippen LogP contribution in [0.5, 0.6) is 5.75 Å². The van der Waals surface area contributed by atoms with E-state index in [-0.39, 0.29) is 5.91 Å². The Bertz CT molecular complexity index is 721. The van der Waals surface area contributed by atoms with E-state index < -0.39 is 0 Å². The number of piperidine rings is 1. The average molecular weight is 352 g/mol. The monoisotopic (exact) mass is 352 g/mol. The third kappa shape index (κ3) is 4.85. The number of nitrogens with zero attached hydrogens (tertiary/aromatic N) is 1. The molecule has 1 aliphatic rings. The lowest BCUT2D eigenvalue weighted by molar-refractivity contribution is -0.134. The van der Waals surface area contributed by atoms with E-state index in [1.807, 2.05) is 24.3 Å². The standard InChI is InChI=1S/C22H28N2O2/c1-17-4-3-5-19(14-17)16-24(20-10-12-23-13-11-20)22(25)15-18-6-8-21(26-2)9-7-18/h3-9,14,20,23H,10-13,15-16H2,1-2H3. The van der Waals surface area contributed by atoms with Gasteiger partial charge in [-0.25, -0.2) is 0 Å². The molecule has 1 N–H and O–H groups in total. The minimum Gasteiger partial charge on any atom is -0.497 e. The topological polar surface area (TPSA) is 41.6 Å². The van der Waals surface area contributed by atoms with Crippen LogP contribution in [0.4, 0.5) is 0 Å². The van der Waals surface area contributed by atoms with Gasteiger partial charge in [-0.3, -0.25) is 4.79 Å². The quantitative estimate of drug-likeness (QED) is 0.867. The van der Waals surface area contributed by atoms with E-state index >= 15 is 0 Å². The molecule has 4 nitrogen and oxygen atoms in total. The number of hydrogen-bond donors (Lipinski definition) is 1. The van der Waals surface area contributed by atoms with Gasteiger partial charge in [-0.1, -0.05) is 42.0 Å². The molecule has 1 fully saturated rings. The molecule has 0 aromatic heterocycles. The maximum absolute atomic E-state index is 13.1. The summed E-state index contributed by atoms with van der Waals surface area (Å²) in [6.45, 7) is 4.73. The number of ether oxygens (including phenoxy) is 1. The Morgan fingerprint density at radius 1 is 1.12 bits per heavy atom. The van der Waals surface area contributed by atoms with E-state index in [2.05, 4.69) is 41.4 Å². The predicted octanol–water partition coefficient (Wildman–Crippen LogP) is 3.33. The number of hydrogen-bond acceptors (Lipinski definition) is 3. The Hall–Kier alpha value is -2.33. The minimum atomic E-state index is 0.198. The van der Waals surface area contributed by atoms with E-state index in [0.717, 1.165) is 37.2 Å². The molecular weight excluding hydrogens is 324 g/mol. The van der Waals surface area contributed by atoms with Crippen LogP contribution < -0.4 is 10.1 Å². The predicted molar refractivity (Wildman–Crippen MR) is 104 cm³/mol. The van der Waals surface area contributed by atoms with Crippen LogP contribution in [0.2, 0.25) is 0 Å². The van der Waals surface area contributed by atoms with E-state index in [0.29, 0.717) is 19.0 Å². The number of aryl methyl sites for hydroxylation is 1. The lowest BCUT2D eigenvalue weighted by Gasteiger charge is -2.35. The minimum absolute atomic E-state index is 0.198. The van der Waals surface area contributed by atoms with Gasteiger partial charge in [0.15, 0.2) is 0 Å². The van der Waals surface area contributed by atoms with Gasteiger partial charge in [0.05, 0.1) is 13.5 Å². The van der Waals surface area contributed by atoms with Gasteiger partial charge >= 0.3 is 0 Å². The number of rotatable bonds is 6. The van der Waals surface area contributed by atoms with Crippen molar-refractivity contribution in [2.45, 2.75) is 38.8 Å². The fraction of sp³-hybridized carbons (Fsp3) is 0.409. The highest BCUT2D eigenvalue weighted by Crippen LogP contribution is 2.19. The summed E-state index contributed by atoms with van der Waals surface area (Å²) in [4.78, 5) is 15.2. The van der Waals surface area contributed by atoms with Crippen molar-refractivity contribution in [1.82, 2.24) is 10.2 Å². The van der Waals surface area contributed by atoms with Crippen molar-refractivity contribution in [3.63, 3.8) is 0 Å². The molecule has 1 saturated heterocycles. The summed E-state index contributed by atoms with van der Waals surface area (Å²) in [6, 6.07) is 16.5. The highest BCUT2D eigenvalue weighted by atomic mass is 16.5. The highest BCUT2D eigenvalue weighted by molar-refractivity contribution is 5.79. The molecule has 1 heterocycles. The second-order valence-corrected chi connectivity index (χ2v) is 7.02. The number of carbonyl (C=O) groups excluding carboxylic acids is 1. The van der Waals surface area contributed by atoms with Crippen molar-refractivity contribution >= 4 is 5.91 Å². The summed E-state index contributed by atoms with van der Waals surface area (Å²) in [6.07, 6.45) is 2.46. The van der Waals surface area contributed by atoms with Gasteiger partial charge in [0.1, 0.15) is 5.75 Å². The zero-order chi connectivity index (χ0) is 18.4. The largest absolute Gasteiger partial charge is 0.497 e. The zero-order valence-electron chi connectivity index (χ0n) is 15.7. The van der Waals surface area contributed by atoms with Crippen molar-refractivity contribution < 1.29 is 9.53 Å². The zero-order valence-corrected chi connectivity index (χ0v) is 15.7. The normalized spacial score (nSPS) is 14.8. The Morgan fingerprint density at radius 2 is 1.85 bits per heavy atom. The Balaban J connectivity index is 1.75. The van der Waals surface area contributed by atoms with Crippen LogP contribution in [0.15, 0.2) is 48.5 Å². The number of benzene rings is 2. The molecule has 26 heavy (non-hydrogen) atoms. The maximum Gasteiger partial charge on any atom is 0.227 e. The van der Waals surface area contributed by atoms with Crippen molar-refractivity contribution in [2.75, 3.05) is 20.2 Å². The molecule has 0 atom stereocenters. The molecule has 0 unspecified atom stereocenters. The van der Waals surface area contributed by atoms with Gasteiger partial charge in [0, 0.05) is 12.6 Å². The summed E-state index contributed by atoms with van der Waals surface area (Å²) in [5.41, 5.74) is 3.46. The number of nitrogens with one attached hydrogen (secondary N) is 1. The second-order valence-electron chi connectivity index (χ2n) is 7.02. The summed E-state index contributed by atoms with van der Waals surface area (Å²) in [7, 11) is 1.65. The molecule has 2 aromatic carbocycles. The molecule has 3 rings (SSSR count). The van der Waals surface area contributed by atoms with E-state index in [9.17, 15) is 4.79 Å². The molecule has 4 heteroatoms. The van der Waals surface area contributed by atoms with Gasteiger partial charge in [0.25, 0.3) is 0 Å². The highest BCUT2D eigenvalue weighted by Gasteiger charge is 2.25. The summed E-state index contributed by atoms with van der Waals surface area (Å²) < 4.78 is 5.20. The van der Waals surface area contributed by atoms with Gasteiger partial charge in [-0.2, -0.15) is 0 Å². The first-order valence-electron chi connectivity index (χ1n) is 9.34. The van der Waals surface area contributed by atoms with Crippen LogP contribution in [0.25, 0.3) is 0 Å². The van der Waals surface area contributed by atoms with Crippen molar-refractivity contribution in [3.05, 3.63) is 65.2 Å². The van der Waals surface area contributed by atoms with Crippen LogP contribution >= 0.6 is 0 Å². The van der Waals surface area contributed by atoms with Gasteiger partial charge < -0.3 is 15.0 Å². The second kappa shape index (κ2) is 8.86. The first kappa shape index (κ1) is 18.5. The van der Waals surface area contributed by atoms with Gasteiger partial charge in [-0.05, 0) is 56.1 Å². The first-order chi connectivity index (χ1) is 12.7. The molecule has 138 valence electrons. The summed E-state index contributed by atoms with van der Waals surface area (Å²) >= 11 is 0. The number of carbonyl (C=O) groups is 1. The van der Waals surface area contributed by atoms with Crippen LogP contribution in [-0.4, -0.2) is 37.0 Å². The maximum atomic E-state index is 13.1. The first-order valence-corrected chi connectivity index (χ1v) is 9.34. The molecule has 1 amide bonds. The molecule has 0 bridgehead atoms. The molecule has 0 spiro atoms. The van der Waals surface area contributed by atoms with Crippen molar-refractivity contribution in [1.29, 1.82) is 0 Å². The third-order valence-corrected chi connectivity index (χ3v) is 5.02. The fourth-order valence-electron chi connectivity index (χ4n) is 3.57. The van der Waals surface area contributed by atoms with Gasteiger partial charge in [0.2, 0.25) is 5.91 Å². The van der Waals surface area contributed by atoms with Crippen LogP contribution in [0.1, 0.15) is 29.5 Å². The molecule has 0 radical (unpaired) electrons. The van der Waals surface area contributed by atoms with E-state index in [1.54, 1.807) is 7.11 Å². The van der Waals surface area contributed by atoms with E-state index in [4.69, 9.17) is 4.74 Å². The molecule has 0 saturated carbocycles. The van der Waals surface area contributed by atoms with Crippen molar-refractivity contribution in [3.8, 4) is 5.75 Å². The fourth-order valence-corrected chi connectivity index (χ4v) is 3.57. The van der Waals surface area contributed by atoms with Crippen LogP contribution in [0.3, 0.4) is 0 Å². The van der Waals surface area contributed by atoms with Crippen LogP contribution in [0, 0.1) is 6.92 Å². The molecule has 0 aliphatic carbocycles. The average Bonchev–Trinajstić information content (AvgIpc) is 2.67. The summed E-state index contributed by atoms with van der Waals surface area (Å²) in [5, 5.41) is 3.39. The van der Waals surface area contributed by atoms with Crippen LogP contribution in [-0.2, 0) is 17.8 Å². The van der Waals surface area contributed by atoms with Crippen molar-refractivity contribution in [2.24, 2.45) is 0 Å². The van der Waals surface area contributed by atoms with Gasteiger partial charge in [-0.15, -0.1) is 0 Å². The Kier molecular flexibility index (Phi) is 6.29.